The molecular weight excluding hydrogens is 260 g/mol. The van der Waals surface area contributed by atoms with Gasteiger partial charge in [-0.2, -0.15) is 0 Å². The van der Waals surface area contributed by atoms with Gasteiger partial charge in [-0.05, 0) is 30.4 Å². The van der Waals surface area contributed by atoms with E-state index >= 15 is 0 Å². The lowest BCUT2D eigenvalue weighted by atomic mass is 9.78. The minimum Gasteiger partial charge on any atom is -0.339 e. The maximum absolute atomic E-state index is 12.7. The Kier molecular flexibility index (Phi) is 5.03. The third-order valence-corrected chi connectivity index (χ3v) is 4.59. The van der Waals surface area contributed by atoms with Crippen molar-refractivity contribution in [1.29, 1.82) is 0 Å². The maximum Gasteiger partial charge on any atom is 0.255 e. The second-order valence-electron chi connectivity index (χ2n) is 6.01. The average molecular weight is 284 g/mol. The Labute approximate surface area is 127 Å². The van der Waals surface area contributed by atoms with E-state index in [1.807, 2.05) is 29.2 Å². The normalized spacial score (nSPS) is 17.0. The van der Waals surface area contributed by atoms with Crippen molar-refractivity contribution in [2.24, 2.45) is 11.1 Å². The second kappa shape index (κ2) is 6.78. The third-order valence-electron chi connectivity index (χ3n) is 4.59. The molecule has 0 spiro atoms. The number of rotatable bonds is 2. The summed E-state index contributed by atoms with van der Waals surface area (Å²) in [5, 5.41) is 0. The summed E-state index contributed by atoms with van der Waals surface area (Å²) in [6, 6.07) is 7.54. The SMILES string of the molecule is CCC1(C)CCN(C(=O)c2ccccc2C#CCN)CC1. The molecule has 21 heavy (non-hydrogen) atoms. The minimum absolute atomic E-state index is 0.0927. The van der Waals surface area contributed by atoms with Crippen LogP contribution in [0.25, 0.3) is 0 Å². The van der Waals surface area contributed by atoms with Crippen molar-refractivity contribution in [2.75, 3.05) is 19.6 Å². The van der Waals surface area contributed by atoms with Crippen molar-refractivity contribution in [1.82, 2.24) is 4.90 Å². The molecule has 1 heterocycles. The fraction of sp³-hybridized carbons (Fsp3) is 0.500. The standard InChI is InChI=1S/C18H24N2O/c1-3-18(2)10-13-20(14-11-18)17(21)16-9-5-4-7-15(16)8-6-12-19/h4-5,7,9H,3,10-14,19H2,1-2H3. The number of hydrogen-bond acceptors (Lipinski definition) is 2. The lowest BCUT2D eigenvalue weighted by Crippen LogP contribution is -2.42. The molecule has 0 aliphatic carbocycles. The van der Waals surface area contributed by atoms with Gasteiger partial charge in [-0.3, -0.25) is 4.79 Å². The zero-order chi connectivity index (χ0) is 15.3. The first-order valence-corrected chi connectivity index (χ1v) is 7.67. The molecule has 1 aromatic carbocycles. The molecule has 2 rings (SSSR count). The Balaban J connectivity index is 2.15. The van der Waals surface area contributed by atoms with Crippen LogP contribution in [-0.4, -0.2) is 30.4 Å². The highest BCUT2D eigenvalue weighted by Crippen LogP contribution is 2.34. The van der Waals surface area contributed by atoms with Crippen LogP contribution in [-0.2, 0) is 0 Å². The number of piperidine rings is 1. The maximum atomic E-state index is 12.7. The molecule has 1 saturated heterocycles. The molecule has 1 fully saturated rings. The van der Waals surface area contributed by atoms with E-state index < -0.39 is 0 Å². The molecule has 1 aliphatic rings. The molecule has 1 aliphatic heterocycles. The lowest BCUT2D eigenvalue weighted by molar-refractivity contribution is 0.0600. The Morgan fingerprint density at radius 2 is 2.00 bits per heavy atom. The van der Waals surface area contributed by atoms with Crippen molar-refractivity contribution >= 4 is 5.91 Å². The van der Waals surface area contributed by atoms with Crippen LogP contribution in [0.3, 0.4) is 0 Å². The van der Waals surface area contributed by atoms with Crippen LogP contribution in [0, 0.1) is 17.3 Å². The van der Waals surface area contributed by atoms with Crippen LogP contribution in [0.2, 0.25) is 0 Å². The molecular formula is C18H24N2O. The van der Waals surface area contributed by atoms with Crippen molar-refractivity contribution in [2.45, 2.75) is 33.1 Å². The van der Waals surface area contributed by atoms with Gasteiger partial charge in [-0.25, -0.2) is 0 Å². The Bertz CT molecular complexity index is 560. The van der Waals surface area contributed by atoms with Crippen molar-refractivity contribution in [3.63, 3.8) is 0 Å². The minimum atomic E-state index is 0.0927. The monoisotopic (exact) mass is 284 g/mol. The van der Waals surface area contributed by atoms with Crippen molar-refractivity contribution in [3.05, 3.63) is 35.4 Å². The van der Waals surface area contributed by atoms with E-state index in [-0.39, 0.29) is 5.91 Å². The van der Waals surface area contributed by atoms with Gasteiger partial charge in [0.05, 0.1) is 12.1 Å². The Hall–Kier alpha value is -1.79. The molecule has 1 amide bonds. The van der Waals surface area contributed by atoms with Gasteiger partial charge >= 0.3 is 0 Å². The smallest absolute Gasteiger partial charge is 0.255 e. The van der Waals surface area contributed by atoms with E-state index in [0.717, 1.165) is 31.5 Å². The fourth-order valence-electron chi connectivity index (χ4n) is 2.70. The van der Waals surface area contributed by atoms with E-state index in [1.165, 1.54) is 6.42 Å². The number of amides is 1. The quantitative estimate of drug-likeness (QED) is 0.849. The Morgan fingerprint density at radius 1 is 1.33 bits per heavy atom. The predicted octanol–water partition coefficient (Wildman–Crippen LogP) is 2.65. The summed E-state index contributed by atoms with van der Waals surface area (Å²) in [5.41, 5.74) is 7.27. The van der Waals surface area contributed by atoms with Crippen molar-refractivity contribution in [3.8, 4) is 11.8 Å². The van der Waals surface area contributed by atoms with Crippen molar-refractivity contribution < 1.29 is 4.79 Å². The molecule has 0 bridgehead atoms. The van der Waals surface area contributed by atoms with Gasteiger partial charge in [0.1, 0.15) is 0 Å². The number of carbonyl (C=O) groups excluding carboxylic acids is 1. The number of carbonyl (C=O) groups is 1. The van der Waals surface area contributed by atoms with Crippen LogP contribution in [0.5, 0.6) is 0 Å². The van der Waals surface area contributed by atoms with Gasteiger partial charge < -0.3 is 10.6 Å². The summed E-state index contributed by atoms with van der Waals surface area (Å²) in [7, 11) is 0. The molecule has 3 heteroatoms. The van der Waals surface area contributed by atoms with Gasteiger partial charge in [-0.15, -0.1) is 0 Å². The summed E-state index contributed by atoms with van der Waals surface area (Å²) in [4.78, 5) is 14.7. The number of nitrogens with zero attached hydrogens (tertiary/aromatic N) is 1. The second-order valence-corrected chi connectivity index (χ2v) is 6.01. The Morgan fingerprint density at radius 3 is 2.62 bits per heavy atom. The van der Waals surface area contributed by atoms with Gasteiger partial charge in [0.25, 0.3) is 5.91 Å². The predicted molar refractivity (Wildman–Crippen MR) is 85.9 cm³/mol. The van der Waals surface area contributed by atoms with Gasteiger partial charge in [0, 0.05) is 18.7 Å². The van der Waals surface area contributed by atoms with Gasteiger partial charge in [-0.1, -0.05) is 44.2 Å². The summed E-state index contributed by atoms with van der Waals surface area (Å²) >= 11 is 0. The van der Waals surface area contributed by atoms with Crippen LogP contribution >= 0.6 is 0 Å². The van der Waals surface area contributed by atoms with Crippen LogP contribution < -0.4 is 5.73 Å². The van der Waals surface area contributed by atoms with E-state index in [4.69, 9.17) is 5.73 Å². The van der Waals surface area contributed by atoms with E-state index in [0.29, 0.717) is 17.5 Å². The number of nitrogens with two attached hydrogens (primary N) is 1. The summed E-state index contributed by atoms with van der Waals surface area (Å²) < 4.78 is 0. The fourth-order valence-corrected chi connectivity index (χ4v) is 2.70. The van der Waals surface area contributed by atoms with Crippen LogP contribution in [0.1, 0.15) is 49.0 Å². The zero-order valence-corrected chi connectivity index (χ0v) is 13.0. The van der Waals surface area contributed by atoms with Crippen LogP contribution in [0.15, 0.2) is 24.3 Å². The molecule has 0 unspecified atom stereocenters. The topological polar surface area (TPSA) is 46.3 Å². The molecule has 2 N–H and O–H groups in total. The molecule has 0 saturated carbocycles. The largest absolute Gasteiger partial charge is 0.339 e. The first-order valence-electron chi connectivity index (χ1n) is 7.67. The number of hydrogen-bond donors (Lipinski definition) is 1. The molecule has 112 valence electrons. The first kappa shape index (κ1) is 15.6. The first-order chi connectivity index (χ1) is 10.1. The van der Waals surface area contributed by atoms with E-state index in [2.05, 4.69) is 25.7 Å². The third kappa shape index (κ3) is 3.65. The summed E-state index contributed by atoms with van der Waals surface area (Å²) in [6.45, 7) is 6.52. The zero-order valence-electron chi connectivity index (χ0n) is 13.0. The van der Waals surface area contributed by atoms with Gasteiger partial charge in [0.15, 0.2) is 0 Å². The summed E-state index contributed by atoms with van der Waals surface area (Å²) in [5.74, 6) is 5.92. The number of likely N-dealkylation sites (tertiary alicyclic amines) is 1. The highest BCUT2D eigenvalue weighted by atomic mass is 16.2. The molecule has 1 aromatic rings. The molecule has 3 nitrogen and oxygen atoms in total. The lowest BCUT2D eigenvalue weighted by Gasteiger charge is -2.39. The van der Waals surface area contributed by atoms with E-state index in [1.54, 1.807) is 0 Å². The van der Waals surface area contributed by atoms with E-state index in [9.17, 15) is 4.79 Å². The molecule has 0 radical (unpaired) electrons. The number of benzene rings is 1. The molecule has 0 aromatic heterocycles. The van der Waals surface area contributed by atoms with Crippen LogP contribution in [0.4, 0.5) is 0 Å². The molecule has 0 atom stereocenters. The highest BCUT2D eigenvalue weighted by molar-refractivity contribution is 5.96. The highest BCUT2D eigenvalue weighted by Gasteiger charge is 2.31. The van der Waals surface area contributed by atoms with Gasteiger partial charge in [0.2, 0.25) is 0 Å². The average Bonchev–Trinajstić information content (AvgIpc) is 2.53. The summed E-state index contributed by atoms with van der Waals surface area (Å²) in [6.07, 6.45) is 3.32.